The molecule has 0 saturated carbocycles. The number of aryl methyl sites for hydroxylation is 2. The van der Waals surface area contributed by atoms with E-state index in [4.69, 9.17) is 11.6 Å². The first-order chi connectivity index (χ1) is 14.8. The van der Waals surface area contributed by atoms with E-state index in [0.717, 1.165) is 30.8 Å². The number of likely N-dealkylation sites (N-methyl/N-ethyl adjacent to an activating group) is 1. The van der Waals surface area contributed by atoms with E-state index in [2.05, 4.69) is 47.0 Å². The van der Waals surface area contributed by atoms with E-state index in [1.807, 2.05) is 6.92 Å². The second-order valence-corrected chi connectivity index (χ2v) is 12.0. The van der Waals surface area contributed by atoms with Gasteiger partial charge < -0.3 is 9.80 Å². The molecule has 0 aliphatic carbocycles. The number of hydrogen-bond donors (Lipinski definition) is 0. The van der Waals surface area contributed by atoms with Crippen LogP contribution in [0, 0.1) is 13.8 Å². The third-order valence-electron chi connectivity index (χ3n) is 6.29. The Labute approximate surface area is 192 Å². The lowest BCUT2D eigenvalue weighted by Crippen LogP contribution is -2.43. The van der Waals surface area contributed by atoms with E-state index in [1.165, 1.54) is 22.5 Å². The summed E-state index contributed by atoms with van der Waals surface area (Å²) in [6, 6.07) is 13.5. The number of aromatic nitrogens is 1. The number of thiazole rings is 1. The van der Waals surface area contributed by atoms with Crippen molar-refractivity contribution in [3.63, 3.8) is 0 Å². The van der Waals surface area contributed by atoms with Gasteiger partial charge in [-0.2, -0.15) is 0 Å². The Bertz CT molecular complexity index is 1250. The number of nitrogens with zero attached hydrogens (tertiary/aromatic N) is 3. The Morgan fingerprint density at radius 2 is 1.81 bits per heavy atom. The minimum atomic E-state index is -3.78. The summed E-state index contributed by atoms with van der Waals surface area (Å²) < 4.78 is 26.7. The predicted octanol–water partition coefficient (Wildman–Crippen LogP) is 5.19. The molecule has 1 saturated heterocycles. The van der Waals surface area contributed by atoms with Crippen LogP contribution in [0.15, 0.2) is 52.4 Å². The van der Waals surface area contributed by atoms with Crippen LogP contribution in [-0.4, -0.2) is 44.5 Å². The van der Waals surface area contributed by atoms with E-state index < -0.39 is 9.84 Å². The van der Waals surface area contributed by atoms with Crippen molar-refractivity contribution in [2.45, 2.75) is 42.1 Å². The SMILES string of the molecule is Cc1ccc(S(=O)(=O)c2nc(N3c4ccc(C)cc4C4CN(C)CCC43)sc2Cl)cc1. The molecule has 2 unspecified atom stereocenters. The van der Waals surface area contributed by atoms with E-state index >= 15 is 0 Å². The van der Waals surface area contributed by atoms with Gasteiger partial charge in [-0.15, -0.1) is 0 Å². The lowest BCUT2D eigenvalue weighted by Gasteiger charge is -2.36. The van der Waals surface area contributed by atoms with Crippen LogP contribution >= 0.6 is 22.9 Å². The fraction of sp³-hybridized carbons (Fsp3) is 0.348. The van der Waals surface area contributed by atoms with E-state index in [9.17, 15) is 8.42 Å². The van der Waals surface area contributed by atoms with Gasteiger partial charge in [0.15, 0.2) is 10.2 Å². The Morgan fingerprint density at radius 3 is 2.55 bits per heavy atom. The average Bonchev–Trinajstić information content (AvgIpc) is 3.26. The van der Waals surface area contributed by atoms with Crippen LogP contribution in [0.4, 0.5) is 10.8 Å². The van der Waals surface area contributed by atoms with Gasteiger partial charge in [0.05, 0.1) is 4.90 Å². The first-order valence-corrected chi connectivity index (χ1v) is 13.0. The van der Waals surface area contributed by atoms with Gasteiger partial charge in [-0.25, -0.2) is 13.4 Å². The van der Waals surface area contributed by atoms with E-state index in [-0.39, 0.29) is 20.3 Å². The Morgan fingerprint density at radius 1 is 1.10 bits per heavy atom. The van der Waals surface area contributed by atoms with Gasteiger partial charge in [0.1, 0.15) is 4.34 Å². The molecule has 31 heavy (non-hydrogen) atoms. The average molecular weight is 474 g/mol. The molecule has 2 atom stereocenters. The zero-order valence-electron chi connectivity index (χ0n) is 17.7. The van der Waals surface area contributed by atoms with Crippen LogP contribution in [0.1, 0.15) is 29.0 Å². The Hall–Kier alpha value is -1.93. The third-order valence-corrected chi connectivity index (χ3v) is 9.48. The number of anilines is 2. The molecule has 1 fully saturated rings. The normalized spacial score (nSPS) is 21.2. The number of hydrogen-bond acceptors (Lipinski definition) is 6. The molecule has 0 radical (unpaired) electrons. The summed E-state index contributed by atoms with van der Waals surface area (Å²) >= 11 is 7.73. The van der Waals surface area contributed by atoms with Gasteiger partial charge in [-0.05, 0) is 57.6 Å². The van der Waals surface area contributed by atoms with Crippen molar-refractivity contribution in [3.8, 4) is 0 Å². The van der Waals surface area contributed by atoms with Crippen LogP contribution in [0.5, 0.6) is 0 Å². The quantitative estimate of drug-likeness (QED) is 0.524. The minimum Gasteiger partial charge on any atom is -0.314 e. The van der Waals surface area contributed by atoms with Gasteiger partial charge in [-0.1, -0.05) is 58.3 Å². The molecule has 3 aromatic rings. The summed E-state index contributed by atoms with van der Waals surface area (Å²) in [5, 5.41) is 0.598. The number of likely N-dealkylation sites (tertiary alicyclic amines) is 1. The maximum Gasteiger partial charge on any atom is 0.226 e. The summed E-state index contributed by atoms with van der Waals surface area (Å²) in [6.45, 7) is 6.01. The molecule has 162 valence electrons. The number of halogens is 1. The molecule has 0 N–H and O–H groups in total. The Kier molecular flexibility index (Phi) is 5.13. The minimum absolute atomic E-state index is 0.0527. The van der Waals surface area contributed by atoms with Crippen molar-refractivity contribution >= 4 is 43.6 Å². The molecule has 0 spiro atoms. The van der Waals surface area contributed by atoms with Gasteiger partial charge >= 0.3 is 0 Å². The standard InChI is InChI=1S/C23H24ClN3O2S2/c1-14-4-7-16(8-5-14)31(28,29)22-21(24)30-23(25-22)27-19-9-6-15(2)12-17(19)18-13-26(3)11-10-20(18)27/h4-9,12,18,20H,10-11,13H2,1-3H3. The van der Waals surface area contributed by atoms with Crippen molar-refractivity contribution in [2.24, 2.45) is 0 Å². The maximum absolute atomic E-state index is 13.2. The van der Waals surface area contributed by atoms with Gasteiger partial charge in [0.25, 0.3) is 0 Å². The van der Waals surface area contributed by atoms with Crippen molar-refractivity contribution in [2.75, 3.05) is 25.0 Å². The van der Waals surface area contributed by atoms with Crippen LogP contribution in [0.2, 0.25) is 4.34 Å². The molecule has 0 bridgehead atoms. The summed E-state index contributed by atoms with van der Waals surface area (Å²) in [4.78, 5) is 9.40. The predicted molar refractivity (Wildman–Crippen MR) is 126 cm³/mol. The topological polar surface area (TPSA) is 53.5 Å². The van der Waals surface area contributed by atoms with Gasteiger partial charge in [0.2, 0.25) is 9.84 Å². The lowest BCUT2D eigenvalue weighted by atomic mass is 9.89. The molecule has 5 nitrogen and oxygen atoms in total. The number of benzene rings is 2. The Balaban J connectivity index is 1.59. The first-order valence-electron chi connectivity index (χ1n) is 10.3. The van der Waals surface area contributed by atoms with E-state index in [1.54, 1.807) is 24.3 Å². The summed E-state index contributed by atoms with van der Waals surface area (Å²) in [7, 11) is -1.63. The monoisotopic (exact) mass is 473 g/mol. The molecule has 8 heteroatoms. The highest BCUT2D eigenvalue weighted by Crippen LogP contribution is 2.50. The zero-order valence-corrected chi connectivity index (χ0v) is 20.1. The largest absolute Gasteiger partial charge is 0.314 e. The number of sulfone groups is 1. The highest BCUT2D eigenvalue weighted by Gasteiger charge is 2.43. The van der Waals surface area contributed by atoms with Crippen molar-refractivity contribution in [3.05, 3.63) is 63.5 Å². The third kappa shape index (κ3) is 3.48. The smallest absolute Gasteiger partial charge is 0.226 e. The van der Waals surface area contributed by atoms with Crippen molar-refractivity contribution < 1.29 is 8.42 Å². The van der Waals surface area contributed by atoms with Crippen molar-refractivity contribution in [1.82, 2.24) is 9.88 Å². The van der Waals surface area contributed by atoms with E-state index in [0.29, 0.717) is 11.0 Å². The lowest BCUT2D eigenvalue weighted by molar-refractivity contribution is 0.236. The fourth-order valence-electron chi connectivity index (χ4n) is 4.71. The maximum atomic E-state index is 13.2. The molecular formula is C23H24ClN3O2S2. The molecule has 1 aromatic heterocycles. The first kappa shape index (κ1) is 20.9. The molecule has 2 aromatic carbocycles. The van der Waals surface area contributed by atoms with Crippen LogP contribution in [0.3, 0.4) is 0 Å². The molecule has 3 heterocycles. The van der Waals surface area contributed by atoms with Gasteiger partial charge in [-0.3, -0.25) is 0 Å². The van der Waals surface area contributed by atoms with Gasteiger partial charge in [0, 0.05) is 24.2 Å². The van der Waals surface area contributed by atoms with Crippen LogP contribution < -0.4 is 4.90 Å². The molecule has 0 amide bonds. The number of rotatable bonds is 3. The van der Waals surface area contributed by atoms with Crippen molar-refractivity contribution in [1.29, 1.82) is 0 Å². The number of fused-ring (bicyclic) bond motifs is 3. The molecular weight excluding hydrogens is 450 g/mol. The van der Waals surface area contributed by atoms with Crippen LogP contribution in [-0.2, 0) is 9.84 Å². The zero-order chi connectivity index (χ0) is 21.9. The van der Waals surface area contributed by atoms with Crippen LogP contribution in [0.25, 0.3) is 0 Å². The molecule has 5 rings (SSSR count). The highest BCUT2D eigenvalue weighted by molar-refractivity contribution is 7.91. The highest BCUT2D eigenvalue weighted by atomic mass is 35.5. The fourth-order valence-corrected chi connectivity index (χ4v) is 7.67. The molecule has 2 aliphatic rings. The summed E-state index contributed by atoms with van der Waals surface area (Å²) in [6.07, 6.45) is 0.992. The summed E-state index contributed by atoms with van der Waals surface area (Å²) in [5.74, 6) is 0.369. The second kappa shape index (κ2) is 7.59. The summed E-state index contributed by atoms with van der Waals surface area (Å²) in [5.41, 5.74) is 4.65. The second-order valence-electron chi connectivity index (χ2n) is 8.55. The number of piperidine rings is 1. The molecule has 2 aliphatic heterocycles.